The Hall–Kier alpha value is -3.70. The summed E-state index contributed by atoms with van der Waals surface area (Å²) in [6.45, 7) is 11.2. The van der Waals surface area contributed by atoms with Crippen LogP contribution in [0.3, 0.4) is 0 Å². The fourth-order valence-electron chi connectivity index (χ4n) is 4.02. The first-order chi connectivity index (χ1) is 15.5. The van der Waals surface area contributed by atoms with E-state index in [1.54, 1.807) is 18.2 Å². The lowest BCUT2D eigenvalue weighted by atomic mass is 9.84. The lowest BCUT2D eigenvalue weighted by Gasteiger charge is -2.27. The van der Waals surface area contributed by atoms with Gasteiger partial charge in [-0.15, -0.1) is 0 Å². The van der Waals surface area contributed by atoms with E-state index in [1.165, 1.54) is 0 Å². The van der Waals surface area contributed by atoms with Gasteiger partial charge in [-0.05, 0) is 62.4 Å². The average Bonchev–Trinajstić information content (AvgIpc) is 3.27. The summed E-state index contributed by atoms with van der Waals surface area (Å²) in [4.78, 5) is 19.1. The minimum absolute atomic E-state index is 0.0177. The quantitative estimate of drug-likeness (QED) is 0.517. The molecule has 2 aromatic carbocycles. The Morgan fingerprint density at radius 1 is 1.38 bits per heavy atom. The minimum Gasteiger partial charge on any atom is -0.502 e. The number of benzene rings is 2. The van der Waals surface area contributed by atoms with Gasteiger partial charge < -0.3 is 19.7 Å². The van der Waals surface area contributed by atoms with E-state index in [9.17, 15) is 4.79 Å². The van der Waals surface area contributed by atoms with Crippen LogP contribution < -0.4 is 10.1 Å². The molecule has 4 rings (SSSR count). The number of nitrogens with one attached hydrogen (secondary N) is 1. The number of carbonyl (C=O) groups is 1. The van der Waals surface area contributed by atoms with E-state index in [1.807, 2.05) is 32.0 Å². The maximum absolute atomic E-state index is 11.0. The van der Waals surface area contributed by atoms with Gasteiger partial charge in [0, 0.05) is 17.2 Å². The number of ether oxygens (including phenoxy) is 1. The number of aliphatic carboxylic acids is 1. The third kappa shape index (κ3) is 4.48. The SMILES string of the molecule is [C-]#[N+]c1cc(-c2nc(-c3cccc4c3CCC[C@@H]4NCC(=O)O)no2)ccc1OC(C)C. The molecule has 1 aliphatic carbocycles. The molecule has 0 spiro atoms. The lowest BCUT2D eigenvalue weighted by molar-refractivity contribution is -0.136. The zero-order valence-electron chi connectivity index (χ0n) is 18.0. The van der Waals surface area contributed by atoms with Gasteiger partial charge in [-0.1, -0.05) is 23.4 Å². The van der Waals surface area contributed by atoms with Gasteiger partial charge in [0.15, 0.2) is 0 Å². The Balaban J connectivity index is 1.64. The highest BCUT2D eigenvalue weighted by Gasteiger charge is 2.25. The van der Waals surface area contributed by atoms with Crippen LogP contribution in [0.5, 0.6) is 5.75 Å². The van der Waals surface area contributed by atoms with Crippen molar-refractivity contribution < 1.29 is 19.2 Å². The molecule has 1 aliphatic rings. The third-order valence-electron chi connectivity index (χ3n) is 5.36. The minimum atomic E-state index is -0.875. The smallest absolute Gasteiger partial charge is 0.317 e. The van der Waals surface area contributed by atoms with Crippen LogP contribution in [0.1, 0.15) is 43.9 Å². The second kappa shape index (κ2) is 9.20. The summed E-state index contributed by atoms with van der Waals surface area (Å²) in [7, 11) is 0. The summed E-state index contributed by atoms with van der Waals surface area (Å²) in [6, 6.07) is 11.1. The summed E-state index contributed by atoms with van der Waals surface area (Å²) in [5.74, 6) is 0.452. The average molecular weight is 432 g/mol. The van der Waals surface area contributed by atoms with E-state index in [0.717, 1.165) is 36.0 Å². The maximum Gasteiger partial charge on any atom is 0.317 e. The van der Waals surface area contributed by atoms with Crippen LogP contribution in [0.15, 0.2) is 40.9 Å². The molecule has 1 heterocycles. The van der Waals surface area contributed by atoms with Gasteiger partial charge in [-0.3, -0.25) is 4.79 Å². The molecular formula is C24H24N4O4. The molecule has 0 saturated heterocycles. The summed E-state index contributed by atoms with van der Waals surface area (Å²) in [6.07, 6.45) is 2.65. The molecule has 0 aliphatic heterocycles. The zero-order valence-corrected chi connectivity index (χ0v) is 18.0. The second-order valence-electron chi connectivity index (χ2n) is 7.98. The zero-order chi connectivity index (χ0) is 22.7. The third-order valence-corrected chi connectivity index (χ3v) is 5.36. The van der Waals surface area contributed by atoms with E-state index >= 15 is 0 Å². The van der Waals surface area contributed by atoms with Gasteiger partial charge in [0.05, 0.1) is 19.2 Å². The van der Waals surface area contributed by atoms with Crippen LogP contribution in [-0.2, 0) is 11.2 Å². The first kappa shape index (κ1) is 21.5. The molecule has 32 heavy (non-hydrogen) atoms. The molecule has 8 heteroatoms. The number of carboxylic acids is 1. The summed E-state index contributed by atoms with van der Waals surface area (Å²) >= 11 is 0. The summed E-state index contributed by atoms with van der Waals surface area (Å²) < 4.78 is 11.2. The van der Waals surface area contributed by atoms with Crippen LogP contribution in [0.25, 0.3) is 27.7 Å². The Morgan fingerprint density at radius 2 is 2.22 bits per heavy atom. The number of carboxylic acid groups (broad SMARTS) is 1. The van der Waals surface area contributed by atoms with E-state index in [-0.39, 0.29) is 18.7 Å². The van der Waals surface area contributed by atoms with Gasteiger partial charge >= 0.3 is 5.97 Å². The molecule has 0 amide bonds. The molecule has 3 aromatic rings. The molecule has 0 unspecified atom stereocenters. The summed E-state index contributed by atoms with van der Waals surface area (Å²) in [5, 5.41) is 16.3. The van der Waals surface area contributed by atoms with E-state index in [2.05, 4.69) is 20.3 Å². The number of rotatable bonds is 7. The van der Waals surface area contributed by atoms with Crippen molar-refractivity contribution in [2.45, 2.75) is 45.3 Å². The first-order valence-corrected chi connectivity index (χ1v) is 10.6. The monoisotopic (exact) mass is 432 g/mol. The molecule has 0 radical (unpaired) electrons. The second-order valence-corrected chi connectivity index (χ2v) is 7.98. The van der Waals surface area contributed by atoms with Crippen LogP contribution in [0.4, 0.5) is 5.69 Å². The van der Waals surface area contributed by atoms with Gasteiger partial charge in [-0.25, -0.2) is 4.85 Å². The number of nitrogens with zero attached hydrogens (tertiary/aromatic N) is 3. The maximum atomic E-state index is 11.0. The van der Waals surface area contributed by atoms with E-state index in [0.29, 0.717) is 28.7 Å². The topological polar surface area (TPSA) is 102 Å². The van der Waals surface area contributed by atoms with Crippen molar-refractivity contribution in [3.05, 3.63) is 58.9 Å². The first-order valence-electron chi connectivity index (χ1n) is 10.6. The van der Waals surface area contributed by atoms with Crippen molar-refractivity contribution in [3.63, 3.8) is 0 Å². The predicted molar refractivity (Wildman–Crippen MR) is 119 cm³/mol. The van der Waals surface area contributed by atoms with Crippen molar-refractivity contribution >= 4 is 11.7 Å². The van der Waals surface area contributed by atoms with Crippen molar-refractivity contribution in [2.24, 2.45) is 0 Å². The number of hydrogen-bond donors (Lipinski definition) is 2. The van der Waals surface area contributed by atoms with Crippen molar-refractivity contribution in [1.82, 2.24) is 15.5 Å². The molecule has 0 fully saturated rings. The lowest BCUT2D eigenvalue weighted by Crippen LogP contribution is -2.30. The normalized spacial score (nSPS) is 15.2. The highest BCUT2D eigenvalue weighted by atomic mass is 16.5. The van der Waals surface area contributed by atoms with Gasteiger partial charge in [0.1, 0.15) is 5.75 Å². The van der Waals surface area contributed by atoms with Crippen LogP contribution in [0.2, 0.25) is 0 Å². The number of fused-ring (bicyclic) bond motifs is 1. The van der Waals surface area contributed by atoms with Gasteiger partial charge in [0.25, 0.3) is 5.89 Å². The molecular weight excluding hydrogens is 408 g/mol. The van der Waals surface area contributed by atoms with Crippen molar-refractivity contribution in [1.29, 1.82) is 0 Å². The Labute approximate surface area is 186 Å². The predicted octanol–water partition coefficient (Wildman–Crippen LogP) is 4.79. The van der Waals surface area contributed by atoms with Crippen molar-refractivity contribution in [2.75, 3.05) is 6.54 Å². The van der Waals surface area contributed by atoms with Gasteiger partial charge in [0.2, 0.25) is 11.5 Å². The largest absolute Gasteiger partial charge is 0.502 e. The van der Waals surface area contributed by atoms with Gasteiger partial charge in [-0.2, -0.15) is 4.98 Å². The van der Waals surface area contributed by atoms with Crippen LogP contribution in [-0.4, -0.2) is 33.9 Å². The Morgan fingerprint density at radius 3 is 2.97 bits per heavy atom. The van der Waals surface area contributed by atoms with E-state index in [4.69, 9.17) is 20.9 Å². The molecule has 164 valence electrons. The standard InChI is InChI=1S/C24H24N4O4/c1-14(2)31-21-11-10-15(12-20(21)25-3)24-27-23(28-32-24)18-8-4-7-17-16(18)6-5-9-19(17)26-13-22(29)30/h4,7-8,10-12,14,19,26H,5-6,9,13H2,1-2H3,(H,29,30)/t19-/m0/s1. The molecule has 1 aromatic heterocycles. The highest BCUT2D eigenvalue weighted by Crippen LogP contribution is 2.37. The fourth-order valence-corrected chi connectivity index (χ4v) is 4.02. The molecule has 0 saturated carbocycles. The molecule has 0 bridgehead atoms. The fraction of sp³-hybridized carbons (Fsp3) is 0.333. The van der Waals surface area contributed by atoms with Crippen molar-refractivity contribution in [3.8, 4) is 28.6 Å². The Kier molecular flexibility index (Phi) is 6.19. The number of hydrogen-bond acceptors (Lipinski definition) is 6. The molecule has 8 nitrogen and oxygen atoms in total. The highest BCUT2D eigenvalue weighted by molar-refractivity contribution is 5.71. The summed E-state index contributed by atoms with van der Waals surface area (Å²) in [5.41, 5.74) is 4.10. The van der Waals surface area contributed by atoms with E-state index < -0.39 is 5.97 Å². The van der Waals surface area contributed by atoms with Crippen LogP contribution >= 0.6 is 0 Å². The Bertz CT molecular complexity index is 1180. The molecule has 1 atom stereocenters. The molecule has 2 N–H and O–H groups in total. The van der Waals surface area contributed by atoms with Crippen LogP contribution in [0, 0.1) is 6.57 Å². The number of aromatic nitrogens is 2.